The fourth-order valence-corrected chi connectivity index (χ4v) is 5.33. The second kappa shape index (κ2) is 7.00. The molecule has 4 rings (SSSR count). The number of nitrogens with zero attached hydrogens (tertiary/aromatic N) is 2. The number of anilines is 1. The summed E-state index contributed by atoms with van der Waals surface area (Å²) in [7, 11) is 0. The van der Waals surface area contributed by atoms with Crippen LogP contribution in [0.1, 0.15) is 25.7 Å². The Hall–Kier alpha value is -1.93. The van der Waals surface area contributed by atoms with Crippen LogP contribution < -0.4 is 5.32 Å². The molecule has 2 fully saturated rings. The molecule has 26 heavy (non-hydrogen) atoms. The first-order valence-corrected chi connectivity index (χ1v) is 10.7. The maximum Gasteiger partial charge on any atom is 0.244 e. The number of nitrogens with one attached hydrogen (secondary N) is 1. The number of likely N-dealkylation sites (tertiary alicyclic amines) is 1. The Balaban J connectivity index is 1.45. The lowest BCUT2D eigenvalue weighted by Crippen LogP contribution is -2.38. The molecule has 0 radical (unpaired) electrons. The average molecular weight is 390 g/mol. The van der Waals surface area contributed by atoms with Gasteiger partial charge in [0.1, 0.15) is 6.54 Å². The number of carbonyl (C=O) groups excluding carboxylic acids is 3. The summed E-state index contributed by atoms with van der Waals surface area (Å²) in [5.41, 5.74) is 1.54. The Bertz CT molecular complexity index is 871. The fraction of sp³-hybridized carbons (Fsp3) is 0.444. The van der Waals surface area contributed by atoms with Crippen LogP contribution in [-0.4, -0.2) is 40.4 Å². The van der Waals surface area contributed by atoms with E-state index < -0.39 is 0 Å². The third kappa shape index (κ3) is 3.12. The Morgan fingerprint density at radius 3 is 2.62 bits per heavy atom. The summed E-state index contributed by atoms with van der Waals surface area (Å²) in [6, 6.07) is 5.53. The average Bonchev–Trinajstić information content (AvgIpc) is 3.16. The highest BCUT2D eigenvalue weighted by atomic mass is 32.2. The molecule has 3 amide bonds. The van der Waals surface area contributed by atoms with Crippen molar-refractivity contribution in [1.82, 2.24) is 9.88 Å². The van der Waals surface area contributed by atoms with E-state index >= 15 is 0 Å². The van der Waals surface area contributed by atoms with E-state index in [4.69, 9.17) is 0 Å². The molecule has 0 spiro atoms. The summed E-state index contributed by atoms with van der Waals surface area (Å²) in [6.07, 6.45) is 5.45. The number of thioether (sulfide) groups is 1. The molecule has 2 aliphatic rings. The molecule has 1 saturated carbocycles. The summed E-state index contributed by atoms with van der Waals surface area (Å²) >= 11 is 3.15. The number of benzene rings is 1. The van der Waals surface area contributed by atoms with Gasteiger partial charge in [0.25, 0.3) is 0 Å². The SMILES string of the molecule is CSc1nc2ccc(NC(=O)CN3C(=O)[C@H]4CCCC[C@H]4C3=O)cc2s1. The van der Waals surface area contributed by atoms with Crippen LogP contribution in [-0.2, 0) is 14.4 Å². The van der Waals surface area contributed by atoms with Gasteiger partial charge in [-0.25, -0.2) is 4.98 Å². The second-order valence-electron chi connectivity index (χ2n) is 6.67. The Labute approximate surface area is 159 Å². The smallest absolute Gasteiger partial charge is 0.244 e. The van der Waals surface area contributed by atoms with E-state index in [1.807, 2.05) is 18.4 Å². The molecule has 2 atom stereocenters. The van der Waals surface area contributed by atoms with E-state index in [1.165, 1.54) is 0 Å². The van der Waals surface area contributed by atoms with Crippen LogP contribution in [0.3, 0.4) is 0 Å². The minimum absolute atomic E-state index is 0.183. The number of amides is 3. The van der Waals surface area contributed by atoms with Crippen molar-refractivity contribution in [2.75, 3.05) is 18.1 Å². The highest BCUT2D eigenvalue weighted by Crippen LogP contribution is 2.38. The van der Waals surface area contributed by atoms with Gasteiger partial charge in [-0.2, -0.15) is 0 Å². The van der Waals surface area contributed by atoms with Gasteiger partial charge in [-0.3, -0.25) is 19.3 Å². The molecule has 2 aromatic rings. The molecule has 1 saturated heterocycles. The van der Waals surface area contributed by atoms with Gasteiger partial charge in [0, 0.05) is 5.69 Å². The number of imide groups is 1. The third-order valence-corrected chi connectivity index (χ3v) is 7.06. The van der Waals surface area contributed by atoms with Gasteiger partial charge in [0.15, 0.2) is 4.34 Å². The van der Waals surface area contributed by atoms with Crippen molar-refractivity contribution < 1.29 is 14.4 Å². The Kier molecular flexibility index (Phi) is 4.71. The molecular formula is C18H19N3O3S2. The molecule has 1 aliphatic heterocycles. The monoisotopic (exact) mass is 389 g/mol. The summed E-state index contributed by atoms with van der Waals surface area (Å²) in [5.74, 6) is -1.15. The molecule has 6 nitrogen and oxygen atoms in total. The van der Waals surface area contributed by atoms with Crippen LogP contribution in [0.4, 0.5) is 5.69 Å². The standard InChI is InChI=1S/C18H19N3O3S2/c1-25-18-20-13-7-6-10(8-14(13)26-18)19-15(22)9-21-16(23)11-4-2-3-5-12(11)17(21)24/h6-8,11-12H,2-5,9H2,1H3,(H,19,22)/t11-,12+. The third-order valence-electron chi connectivity index (χ3n) is 5.06. The molecule has 1 aliphatic carbocycles. The normalized spacial score (nSPS) is 22.7. The van der Waals surface area contributed by atoms with E-state index in [2.05, 4.69) is 10.3 Å². The topological polar surface area (TPSA) is 79.4 Å². The number of hydrogen-bond donors (Lipinski definition) is 1. The van der Waals surface area contributed by atoms with Crippen LogP contribution in [0.25, 0.3) is 10.2 Å². The van der Waals surface area contributed by atoms with Crippen molar-refractivity contribution in [3.05, 3.63) is 18.2 Å². The van der Waals surface area contributed by atoms with Crippen molar-refractivity contribution in [1.29, 1.82) is 0 Å². The molecule has 1 aromatic heterocycles. The number of carbonyl (C=O) groups is 3. The fourth-order valence-electron chi connectivity index (χ4n) is 3.80. The molecule has 136 valence electrons. The highest BCUT2D eigenvalue weighted by Gasteiger charge is 2.48. The van der Waals surface area contributed by atoms with Crippen molar-refractivity contribution in [3.63, 3.8) is 0 Å². The summed E-state index contributed by atoms with van der Waals surface area (Å²) in [6.45, 7) is -0.207. The number of hydrogen-bond acceptors (Lipinski definition) is 6. The Morgan fingerprint density at radius 2 is 1.96 bits per heavy atom. The molecule has 0 bridgehead atoms. The maximum absolute atomic E-state index is 12.5. The van der Waals surface area contributed by atoms with Gasteiger partial charge in [-0.05, 0) is 37.3 Å². The maximum atomic E-state index is 12.5. The first-order chi connectivity index (χ1) is 12.6. The van der Waals surface area contributed by atoms with Gasteiger partial charge in [0.2, 0.25) is 17.7 Å². The second-order valence-corrected chi connectivity index (χ2v) is 8.76. The zero-order valence-corrected chi connectivity index (χ0v) is 16.0. The molecule has 1 aromatic carbocycles. The van der Waals surface area contributed by atoms with E-state index in [0.717, 1.165) is 45.1 Å². The van der Waals surface area contributed by atoms with E-state index in [1.54, 1.807) is 29.2 Å². The predicted molar refractivity (Wildman–Crippen MR) is 102 cm³/mol. The number of thiazole rings is 1. The number of fused-ring (bicyclic) bond motifs is 2. The number of rotatable bonds is 4. The van der Waals surface area contributed by atoms with Crippen LogP contribution in [0.15, 0.2) is 22.5 Å². The molecule has 2 heterocycles. The largest absolute Gasteiger partial charge is 0.324 e. The van der Waals surface area contributed by atoms with Crippen molar-refractivity contribution >= 4 is 56.7 Å². The summed E-state index contributed by atoms with van der Waals surface area (Å²) in [4.78, 5) is 42.9. The molecular weight excluding hydrogens is 370 g/mol. The minimum atomic E-state index is -0.348. The predicted octanol–water partition coefficient (Wildman–Crippen LogP) is 3.13. The van der Waals surface area contributed by atoms with Crippen LogP contribution in [0, 0.1) is 11.8 Å². The van der Waals surface area contributed by atoms with Gasteiger partial charge in [-0.15, -0.1) is 11.3 Å². The van der Waals surface area contributed by atoms with E-state index in [0.29, 0.717) is 5.69 Å². The van der Waals surface area contributed by atoms with Gasteiger partial charge in [0.05, 0.1) is 22.1 Å². The van der Waals surface area contributed by atoms with Crippen LogP contribution in [0.5, 0.6) is 0 Å². The number of aromatic nitrogens is 1. The Morgan fingerprint density at radius 1 is 1.27 bits per heavy atom. The first kappa shape index (κ1) is 17.5. The van der Waals surface area contributed by atoms with Gasteiger partial charge in [-0.1, -0.05) is 24.6 Å². The van der Waals surface area contributed by atoms with Gasteiger partial charge < -0.3 is 5.32 Å². The molecule has 8 heteroatoms. The van der Waals surface area contributed by atoms with Crippen molar-refractivity contribution in [2.45, 2.75) is 30.0 Å². The lowest BCUT2D eigenvalue weighted by atomic mass is 9.81. The zero-order chi connectivity index (χ0) is 18.3. The lowest BCUT2D eigenvalue weighted by molar-refractivity contribution is -0.142. The highest BCUT2D eigenvalue weighted by molar-refractivity contribution is 8.00. The van der Waals surface area contributed by atoms with E-state index in [-0.39, 0.29) is 36.1 Å². The van der Waals surface area contributed by atoms with E-state index in [9.17, 15) is 14.4 Å². The van der Waals surface area contributed by atoms with Gasteiger partial charge >= 0.3 is 0 Å². The summed E-state index contributed by atoms with van der Waals surface area (Å²) < 4.78 is 1.96. The lowest BCUT2D eigenvalue weighted by Gasteiger charge is -2.19. The molecule has 1 N–H and O–H groups in total. The van der Waals surface area contributed by atoms with Crippen molar-refractivity contribution in [2.24, 2.45) is 11.8 Å². The van der Waals surface area contributed by atoms with Crippen LogP contribution >= 0.6 is 23.1 Å². The molecule has 0 unspecified atom stereocenters. The first-order valence-electron chi connectivity index (χ1n) is 8.66. The van der Waals surface area contributed by atoms with Crippen LogP contribution in [0.2, 0.25) is 0 Å². The summed E-state index contributed by atoms with van der Waals surface area (Å²) in [5, 5.41) is 2.80. The zero-order valence-electron chi connectivity index (χ0n) is 14.4. The quantitative estimate of drug-likeness (QED) is 0.642. The minimum Gasteiger partial charge on any atom is -0.324 e. The van der Waals surface area contributed by atoms with Crippen molar-refractivity contribution in [3.8, 4) is 0 Å².